The van der Waals surface area contributed by atoms with Gasteiger partial charge in [0.1, 0.15) is 5.75 Å². The monoisotopic (exact) mass is 218 g/mol. The maximum absolute atomic E-state index is 5.72. The first-order chi connectivity index (χ1) is 7.90. The molecule has 0 aromatic heterocycles. The van der Waals surface area contributed by atoms with Gasteiger partial charge in [0.15, 0.2) is 0 Å². The highest BCUT2D eigenvalue weighted by Crippen LogP contribution is 2.41. The molecule has 3 rings (SSSR count). The van der Waals surface area contributed by atoms with E-state index in [4.69, 9.17) is 10.6 Å². The molecule has 2 aliphatic rings. The Morgan fingerprint density at radius 3 is 2.81 bits per heavy atom. The van der Waals surface area contributed by atoms with Crippen molar-refractivity contribution in [3.63, 3.8) is 0 Å². The van der Waals surface area contributed by atoms with E-state index in [1.807, 2.05) is 12.1 Å². The summed E-state index contributed by atoms with van der Waals surface area (Å²) in [4.78, 5) is 0. The average molecular weight is 218 g/mol. The smallest absolute Gasteiger partial charge is 0.122 e. The summed E-state index contributed by atoms with van der Waals surface area (Å²) in [6, 6.07) is 8.68. The standard InChI is InChI=1S/C13H18N2O/c14-15-13(9-4-3-5-9)11-8-16-12-7-2-1-6-10(11)12/h1-2,6-7,9,11,13,15H,3-5,8,14H2. The molecule has 3 heteroatoms. The number of hydrogen-bond donors (Lipinski definition) is 2. The first kappa shape index (κ1) is 10.1. The van der Waals surface area contributed by atoms with Gasteiger partial charge in [-0.25, -0.2) is 0 Å². The maximum atomic E-state index is 5.72. The number of hydrogen-bond acceptors (Lipinski definition) is 3. The van der Waals surface area contributed by atoms with Crippen LogP contribution in [0.5, 0.6) is 5.75 Å². The third-order valence-electron chi connectivity index (χ3n) is 4.02. The lowest BCUT2D eigenvalue weighted by Gasteiger charge is -2.36. The van der Waals surface area contributed by atoms with Crippen molar-refractivity contribution in [3.8, 4) is 5.75 Å². The highest BCUT2D eigenvalue weighted by molar-refractivity contribution is 5.40. The minimum absolute atomic E-state index is 0.373. The molecule has 1 heterocycles. The second-order valence-corrected chi connectivity index (χ2v) is 4.84. The number of para-hydroxylation sites is 1. The van der Waals surface area contributed by atoms with Gasteiger partial charge in [0, 0.05) is 17.5 Å². The van der Waals surface area contributed by atoms with E-state index in [1.165, 1.54) is 24.8 Å². The fourth-order valence-corrected chi connectivity index (χ4v) is 2.86. The number of nitrogens with two attached hydrogens (primary N) is 1. The summed E-state index contributed by atoms with van der Waals surface area (Å²) in [6.45, 7) is 0.769. The van der Waals surface area contributed by atoms with Gasteiger partial charge in [-0.1, -0.05) is 24.6 Å². The van der Waals surface area contributed by atoms with E-state index in [1.54, 1.807) is 0 Å². The summed E-state index contributed by atoms with van der Waals surface area (Å²) >= 11 is 0. The average Bonchev–Trinajstić information content (AvgIpc) is 2.67. The van der Waals surface area contributed by atoms with Crippen LogP contribution in [0.2, 0.25) is 0 Å². The van der Waals surface area contributed by atoms with Crippen LogP contribution in [-0.4, -0.2) is 12.6 Å². The lowest BCUT2D eigenvalue weighted by molar-refractivity contribution is 0.185. The predicted molar refractivity (Wildman–Crippen MR) is 63.1 cm³/mol. The molecular weight excluding hydrogens is 200 g/mol. The Labute approximate surface area is 95.9 Å². The SMILES string of the molecule is NNC(C1CCC1)C1COc2ccccc21. The van der Waals surface area contributed by atoms with Crippen LogP contribution in [0.15, 0.2) is 24.3 Å². The van der Waals surface area contributed by atoms with E-state index < -0.39 is 0 Å². The molecule has 0 saturated heterocycles. The van der Waals surface area contributed by atoms with Gasteiger partial charge in [-0.3, -0.25) is 11.3 Å². The van der Waals surface area contributed by atoms with Crippen LogP contribution < -0.4 is 16.0 Å². The summed E-state index contributed by atoms with van der Waals surface area (Å²) in [5, 5.41) is 0. The van der Waals surface area contributed by atoms with E-state index in [2.05, 4.69) is 17.6 Å². The van der Waals surface area contributed by atoms with Gasteiger partial charge in [-0.05, 0) is 24.8 Å². The third kappa shape index (κ3) is 1.51. The molecule has 1 aromatic rings. The molecule has 0 bridgehead atoms. The fourth-order valence-electron chi connectivity index (χ4n) is 2.86. The second-order valence-electron chi connectivity index (χ2n) is 4.84. The van der Waals surface area contributed by atoms with Crippen LogP contribution in [0, 0.1) is 5.92 Å². The third-order valence-corrected chi connectivity index (χ3v) is 4.02. The van der Waals surface area contributed by atoms with Gasteiger partial charge in [0.05, 0.1) is 6.61 Å². The van der Waals surface area contributed by atoms with Crippen LogP contribution >= 0.6 is 0 Å². The minimum Gasteiger partial charge on any atom is -0.493 e. The number of rotatable bonds is 3. The van der Waals surface area contributed by atoms with Crippen LogP contribution in [0.25, 0.3) is 0 Å². The predicted octanol–water partition coefficient (Wildman–Crippen LogP) is 1.79. The molecule has 0 amide bonds. The second kappa shape index (κ2) is 4.07. The molecule has 1 saturated carbocycles. The van der Waals surface area contributed by atoms with Gasteiger partial charge in [0.2, 0.25) is 0 Å². The van der Waals surface area contributed by atoms with Crippen molar-refractivity contribution >= 4 is 0 Å². The Bertz CT molecular complexity index is 376. The van der Waals surface area contributed by atoms with Crippen molar-refractivity contribution in [1.29, 1.82) is 0 Å². The van der Waals surface area contributed by atoms with Gasteiger partial charge >= 0.3 is 0 Å². The normalized spacial score (nSPS) is 25.7. The Morgan fingerprint density at radius 2 is 2.12 bits per heavy atom. The first-order valence-corrected chi connectivity index (χ1v) is 6.08. The van der Waals surface area contributed by atoms with Gasteiger partial charge in [0.25, 0.3) is 0 Å². The largest absolute Gasteiger partial charge is 0.493 e. The molecule has 1 aliphatic heterocycles. The highest BCUT2D eigenvalue weighted by Gasteiger charge is 2.37. The molecule has 1 fully saturated rings. The van der Waals surface area contributed by atoms with Gasteiger partial charge in [-0.2, -0.15) is 0 Å². The zero-order valence-electron chi connectivity index (χ0n) is 9.36. The minimum atomic E-state index is 0.373. The van der Waals surface area contributed by atoms with Crippen molar-refractivity contribution in [3.05, 3.63) is 29.8 Å². The molecule has 2 atom stereocenters. The Balaban J connectivity index is 1.84. The lowest BCUT2D eigenvalue weighted by atomic mass is 9.74. The van der Waals surface area contributed by atoms with E-state index in [-0.39, 0.29) is 0 Å². The molecule has 2 unspecified atom stereocenters. The topological polar surface area (TPSA) is 47.3 Å². The summed E-state index contributed by atoms with van der Waals surface area (Å²) < 4.78 is 5.72. The van der Waals surface area contributed by atoms with E-state index >= 15 is 0 Å². The molecule has 3 nitrogen and oxygen atoms in total. The number of hydrazine groups is 1. The van der Waals surface area contributed by atoms with Crippen molar-refractivity contribution in [2.75, 3.05) is 6.61 Å². The molecule has 0 spiro atoms. The number of fused-ring (bicyclic) bond motifs is 1. The van der Waals surface area contributed by atoms with E-state index in [0.717, 1.165) is 18.3 Å². The number of benzene rings is 1. The van der Waals surface area contributed by atoms with E-state index in [0.29, 0.717) is 12.0 Å². The molecule has 86 valence electrons. The zero-order chi connectivity index (χ0) is 11.0. The Hall–Kier alpha value is -1.06. The molecule has 1 aromatic carbocycles. The zero-order valence-corrected chi connectivity index (χ0v) is 9.36. The fraction of sp³-hybridized carbons (Fsp3) is 0.538. The van der Waals surface area contributed by atoms with Crippen molar-refractivity contribution < 1.29 is 4.74 Å². The van der Waals surface area contributed by atoms with Gasteiger partial charge < -0.3 is 4.74 Å². The Morgan fingerprint density at radius 1 is 1.31 bits per heavy atom. The number of ether oxygens (including phenoxy) is 1. The molecule has 0 radical (unpaired) electrons. The maximum Gasteiger partial charge on any atom is 0.122 e. The first-order valence-electron chi connectivity index (χ1n) is 6.08. The van der Waals surface area contributed by atoms with Crippen LogP contribution in [0.1, 0.15) is 30.7 Å². The van der Waals surface area contributed by atoms with Crippen LogP contribution in [0.4, 0.5) is 0 Å². The quantitative estimate of drug-likeness (QED) is 0.600. The molecule has 1 aliphatic carbocycles. The summed E-state index contributed by atoms with van der Waals surface area (Å²) in [5.41, 5.74) is 4.32. The van der Waals surface area contributed by atoms with Crippen molar-refractivity contribution in [2.45, 2.75) is 31.2 Å². The van der Waals surface area contributed by atoms with Crippen LogP contribution in [0.3, 0.4) is 0 Å². The van der Waals surface area contributed by atoms with E-state index in [9.17, 15) is 0 Å². The van der Waals surface area contributed by atoms with Gasteiger partial charge in [-0.15, -0.1) is 0 Å². The highest BCUT2D eigenvalue weighted by atomic mass is 16.5. The van der Waals surface area contributed by atoms with Crippen molar-refractivity contribution in [1.82, 2.24) is 5.43 Å². The van der Waals surface area contributed by atoms with Crippen molar-refractivity contribution in [2.24, 2.45) is 11.8 Å². The summed E-state index contributed by atoms with van der Waals surface area (Å²) in [5.74, 6) is 7.90. The summed E-state index contributed by atoms with van der Waals surface area (Å²) in [7, 11) is 0. The Kier molecular flexibility index (Phi) is 2.58. The van der Waals surface area contributed by atoms with Crippen LogP contribution in [-0.2, 0) is 0 Å². The summed E-state index contributed by atoms with van der Waals surface area (Å²) in [6.07, 6.45) is 3.94. The molecular formula is C13H18N2O. The number of nitrogens with one attached hydrogen (secondary N) is 1. The molecule has 3 N–H and O–H groups in total. The lowest BCUT2D eigenvalue weighted by Crippen LogP contribution is -2.47. The molecule has 16 heavy (non-hydrogen) atoms.